The van der Waals surface area contributed by atoms with Gasteiger partial charge in [0, 0.05) is 10.4 Å². The van der Waals surface area contributed by atoms with Gasteiger partial charge in [-0.05, 0) is 74.4 Å². The fourth-order valence-corrected chi connectivity index (χ4v) is 5.57. The van der Waals surface area contributed by atoms with Crippen molar-refractivity contribution in [2.24, 2.45) is 11.0 Å². The Kier molecular flexibility index (Phi) is 8.91. The average molecular weight is 534 g/mol. The van der Waals surface area contributed by atoms with E-state index < -0.39 is 18.0 Å². The van der Waals surface area contributed by atoms with Crippen molar-refractivity contribution in [3.05, 3.63) is 81.7 Å². The first-order chi connectivity index (χ1) is 18.4. The maximum atomic E-state index is 13.0. The number of nitrogens with zero attached hydrogens (tertiary/aromatic N) is 1. The first-order valence-corrected chi connectivity index (χ1v) is 13.4. The van der Waals surface area contributed by atoms with Crippen LogP contribution in [-0.4, -0.2) is 36.7 Å². The van der Waals surface area contributed by atoms with Gasteiger partial charge in [0.2, 0.25) is 0 Å². The molecule has 0 spiro atoms. The van der Waals surface area contributed by atoms with Gasteiger partial charge in [0.15, 0.2) is 6.10 Å². The van der Waals surface area contributed by atoms with E-state index in [1.54, 1.807) is 44.3 Å². The fourth-order valence-electron chi connectivity index (χ4n) is 4.18. The Bertz CT molecular complexity index is 1320. The number of nitrogens with one attached hydrogen (secondary N) is 2. The summed E-state index contributed by atoms with van der Waals surface area (Å²) in [7, 11) is 0. The molecule has 0 aliphatic heterocycles. The van der Waals surface area contributed by atoms with Crippen molar-refractivity contribution >= 4 is 40.3 Å². The highest BCUT2D eigenvalue weighted by molar-refractivity contribution is 7.17. The summed E-state index contributed by atoms with van der Waals surface area (Å²) < 4.78 is 11.0. The van der Waals surface area contributed by atoms with E-state index in [4.69, 9.17) is 9.47 Å². The third-order valence-corrected chi connectivity index (χ3v) is 7.37. The van der Waals surface area contributed by atoms with E-state index in [0.717, 1.165) is 35.3 Å². The Labute approximate surface area is 226 Å². The lowest BCUT2D eigenvalue weighted by molar-refractivity contribution is -0.127. The number of benzene rings is 2. The Balaban J connectivity index is 1.38. The second-order valence-electron chi connectivity index (χ2n) is 9.16. The third kappa shape index (κ3) is 6.66. The highest BCUT2D eigenvalue weighted by atomic mass is 32.1. The van der Waals surface area contributed by atoms with E-state index in [9.17, 15) is 14.4 Å². The van der Waals surface area contributed by atoms with Crippen molar-refractivity contribution in [1.82, 2.24) is 5.43 Å². The molecular weight excluding hydrogens is 502 g/mol. The SMILES string of the molecule is CCOC(=O)c1c(NC(=O)c2ccc(O[C@@H](C)C(=O)N/N=C\c3ccccc3)cc2)sc2c1CC[C@H](C)C2. The van der Waals surface area contributed by atoms with Crippen molar-refractivity contribution in [3.63, 3.8) is 0 Å². The van der Waals surface area contributed by atoms with Crippen LogP contribution in [-0.2, 0) is 22.4 Å². The van der Waals surface area contributed by atoms with Gasteiger partial charge >= 0.3 is 5.97 Å². The largest absolute Gasteiger partial charge is 0.481 e. The van der Waals surface area contributed by atoms with Gasteiger partial charge in [0.05, 0.1) is 18.4 Å². The highest BCUT2D eigenvalue weighted by Crippen LogP contribution is 2.40. The van der Waals surface area contributed by atoms with Crippen molar-refractivity contribution in [2.45, 2.75) is 46.1 Å². The zero-order valence-corrected chi connectivity index (χ0v) is 22.5. The Morgan fingerprint density at radius 1 is 1.13 bits per heavy atom. The van der Waals surface area contributed by atoms with E-state index in [-0.39, 0.29) is 12.5 Å². The first kappa shape index (κ1) is 27.1. The number of rotatable bonds is 9. The van der Waals surface area contributed by atoms with Crippen LogP contribution < -0.4 is 15.5 Å². The Morgan fingerprint density at radius 3 is 2.58 bits per heavy atom. The zero-order valence-electron chi connectivity index (χ0n) is 21.7. The van der Waals surface area contributed by atoms with Gasteiger partial charge in [-0.1, -0.05) is 37.3 Å². The van der Waals surface area contributed by atoms with Gasteiger partial charge in [-0.25, -0.2) is 10.2 Å². The Morgan fingerprint density at radius 2 is 1.87 bits per heavy atom. The lowest BCUT2D eigenvalue weighted by Gasteiger charge is -2.18. The molecule has 1 aliphatic rings. The Hall–Kier alpha value is -3.98. The number of ether oxygens (including phenoxy) is 2. The van der Waals surface area contributed by atoms with E-state index in [1.165, 1.54) is 11.3 Å². The first-order valence-electron chi connectivity index (χ1n) is 12.6. The molecule has 0 saturated heterocycles. The molecule has 198 valence electrons. The highest BCUT2D eigenvalue weighted by Gasteiger charge is 2.29. The van der Waals surface area contributed by atoms with Crippen LogP contribution in [0.3, 0.4) is 0 Å². The summed E-state index contributed by atoms with van der Waals surface area (Å²) in [4.78, 5) is 39.2. The number of amides is 2. The minimum Gasteiger partial charge on any atom is -0.481 e. The number of thiophene rings is 1. The zero-order chi connectivity index (χ0) is 27.1. The molecule has 2 amide bonds. The molecule has 8 nitrogen and oxygen atoms in total. The van der Waals surface area contributed by atoms with Crippen LogP contribution >= 0.6 is 11.3 Å². The second-order valence-corrected chi connectivity index (χ2v) is 10.3. The van der Waals surface area contributed by atoms with Gasteiger partial charge in [0.1, 0.15) is 10.8 Å². The maximum Gasteiger partial charge on any atom is 0.341 e. The topological polar surface area (TPSA) is 106 Å². The molecule has 0 saturated carbocycles. The van der Waals surface area contributed by atoms with E-state index >= 15 is 0 Å². The van der Waals surface area contributed by atoms with Crippen LogP contribution in [0.15, 0.2) is 59.7 Å². The standard InChI is InChI=1S/C29H31N3O5S/c1-4-36-29(35)25-23-15-10-18(2)16-24(23)38-28(25)31-27(34)21-11-13-22(14-12-21)37-19(3)26(33)32-30-17-20-8-6-5-7-9-20/h5-9,11-14,17-19H,4,10,15-16H2,1-3H3,(H,31,34)(H,32,33)/b30-17-/t18-,19-/m0/s1. The van der Waals surface area contributed by atoms with Crippen molar-refractivity contribution < 1.29 is 23.9 Å². The van der Waals surface area contributed by atoms with Crippen LogP contribution in [0.1, 0.15) is 63.9 Å². The third-order valence-electron chi connectivity index (χ3n) is 6.20. The molecule has 0 bridgehead atoms. The van der Waals surface area contributed by atoms with Crippen molar-refractivity contribution in [1.29, 1.82) is 0 Å². The normalized spacial score (nSPS) is 15.4. The molecule has 2 atom stereocenters. The van der Waals surface area contributed by atoms with Gasteiger partial charge < -0.3 is 14.8 Å². The molecular formula is C29H31N3O5S. The monoisotopic (exact) mass is 533 g/mol. The predicted molar refractivity (Wildman–Crippen MR) is 148 cm³/mol. The van der Waals surface area contributed by atoms with Gasteiger partial charge in [0.25, 0.3) is 11.8 Å². The lowest BCUT2D eigenvalue weighted by atomic mass is 9.88. The molecule has 4 rings (SSSR count). The predicted octanol–water partition coefficient (Wildman–Crippen LogP) is 5.22. The smallest absolute Gasteiger partial charge is 0.341 e. The number of anilines is 1. The molecule has 0 unspecified atom stereocenters. The molecule has 1 aliphatic carbocycles. The summed E-state index contributed by atoms with van der Waals surface area (Å²) in [5, 5.41) is 7.38. The van der Waals surface area contributed by atoms with Crippen LogP contribution in [0.4, 0.5) is 5.00 Å². The van der Waals surface area contributed by atoms with Crippen LogP contribution in [0.25, 0.3) is 0 Å². The maximum absolute atomic E-state index is 13.0. The lowest BCUT2D eigenvalue weighted by Crippen LogP contribution is -2.33. The summed E-state index contributed by atoms with van der Waals surface area (Å²) >= 11 is 1.45. The molecule has 1 heterocycles. The van der Waals surface area contributed by atoms with Gasteiger partial charge in [-0.15, -0.1) is 11.3 Å². The minimum atomic E-state index is -0.797. The second kappa shape index (κ2) is 12.5. The quantitative estimate of drug-likeness (QED) is 0.223. The van der Waals surface area contributed by atoms with Gasteiger partial charge in [-0.2, -0.15) is 5.10 Å². The molecule has 0 fully saturated rings. The number of carbonyl (C=O) groups is 3. The molecule has 9 heteroatoms. The van der Waals surface area contributed by atoms with Crippen LogP contribution in [0.2, 0.25) is 0 Å². The van der Waals surface area contributed by atoms with Gasteiger partial charge in [-0.3, -0.25) is 9.59 Å². The summed E-state index contributed by atoms with van der Waals surface area (Å²) in [5.41, 5.74) is 5.19. The molecule has 1 aromatic heterocycles. The average Bonchev–Trinajstić information content (AvgIpc) is 3.26. The van der Waals surface area contributed by atoms with E-state index in [1.807, 2.05) is 30.3 Å². The van der Waals surface area contributed by atoms with E-state index in [2.05, 4.69) is 22.8 Å². The number of esters is 1. The molecule has 0 radical (unpaired) electrons. The number of hydrogen-bond acceptors (Lipinski definition) is 7. The summed E-state index contributed by atoms with van der Waals surface area (Å²) in [6, 6.07) is 15.9. The number of hydrogen-bond donors (Lipinski definition) is 2. The fraction of sp³-hybridized carbons (Fsp3) is 0.310. The minimum absolute atomic E-state index is 0.268. The summed E-state index contributed by atoms with van der Waals surface area (Å²) in [6.07, 6.45) is 3.44. The van der Waals surface area contributed by atoms with Crippen molar-refractivity contribution in [2.75, 3.05) is 11.9 Å². The number of fused-ring (bicyclic) bond motifs is 1. The summed E-state index contributed by atoms with van der Waals surface area (Å²) in [6.45, 7) is 5.84. The molecule has 2 aromatic carbocycles. The summed E-state index contributed by atoms with van der Waals surface area (Å²) in [5.74, 6) is -0.174. The molecule has 3 aromatic rings. The van der Waals surface area contributed by atoms with Crippen LogP contribution in [0, 0.1) is 5.92 Å². The van der Waals surface area contributed by atoms with Crippen molar-refractivity contribution in [3.8, 4) is 5.75 Å². The van der Waals surface area contributed by atoms with E-state index in [0.29, 0.717) is 27.8 Å². The number of hydrazone groups is 1. The number of carbonyl (C=O) groups excluding carboxylic acids is 3. The molecule has 2 N–H and O–H groups in total. The molecule has 38 heavy (non-hydrogen) atoms. The van der Waals surface area contributed by atoms with Crippen LogP contribution in [0.5, 0.6) is 5.75 Å².